The van der Waals surface area contributed by atoms with Crippen molar-refractivity contribution < 1.29 is 14.3 Å². The van der Waals surface area contributed by atoms with E-state index in [4.69, 9.17) is 4.74 Å². The van der Waals surface area contributed by atoms with Gasteiger partial charge < -0.3 is 14.5 Å². The second kappa shape index (κ2) is 5.96. The summed E-state index contributed by atoms with van der Waals surface area (Å²) in [5.74, 6) is 0.623. The van der Waals surface area contributed by atoms with Gasteiger partial charge in [0, 0.05) is 43.6 Å². The van der Waals surface area contributed by atoms with Crippen LogP contribution in [-0.2, 0) is 4.74 Å². The number of benzene rings is 1. The first kappa shape index (κ1) is 16.8. The van der Waals surface area contributed by atoms with Gasteiger partial charge >= 0.3 is 6.09 Å². The van der Waals surface area contributed by atoms with Crippen molar-refractivity contribution >= 4 is 23.0 Å². The molecule has 0 bridgehead atoms. The summed E-state index contributed by atoms with van der Waals surface area (Å²) < 4.78 is 5.45. The van der Waals surface area contributed by atoms with Crippen LogP contribution in [0.2, 0.25) is 0 Å². The maximum atomic E-state index is 12.8. The molecule has 4 rings (SSSR count). The Morgan fingerprint density at radius 2 is 1.77 bits per heavy atom. The average molecular weight is 357 g/mol. The van der Waals surface area contributed by atoms with E-state index in [0.717, 1.165) is 5.52 Å². The third-order valence-corrected chi connectivity index (χ3v) is 5.00. The van der Waals surface area contributed by atoms with Gasteiger partial charge in [0.25, 0.3) is 5.91 Å². The molecule has 1 aromatic carbocycles. The molecule has 138 valence electrons. The summed E-state index contributed by atoms with van der Waals surface area (Å²) in [4.78, 5) is 28.7. The predicted molar refractivity (Wildman–Crippen MR) is 94.6 cm³/mol. The highest BCUT2D eigenvalue weighted by Gasteiger charge is 2.44. The Balaban J connectivity index is 1.39. The molecular weight excluding hydrogens is 334 g/mol. The van der Waals surface area contributed by atoms with E-state index in [1.165, 1.54) is 0 Å². The molecule has 2 aromatic rings. The fraction of sp³-hybridized carbons (Fsp3) is 0.556. The normalized spacial score (nSPS) is 22.7. The first-order valence-electron chi connectivity index (χ1n) is 8.88. The molecule has 0 unspecified atom stereocenters. The van der Waals surface area contributed by atoms with Crippen LogP contribution >= 0.6 is 0 Å². The van der Waals surface area contributed by atoms with Crippen LogP contribution in [0.1, 0.15) is 31.1 Å². The molecule has 3 heterocycles. The fourth-order valence-electron chi connectivity index (χ4n) is 3.79. The maximum Gasteiger partial charge on any atom is 0.410 e. The Labute approximate surface area is 151 Å². The third kappa shape index (κ3) is 3.11. The number of carbonyl (C=O) groups is 2. The second-order valence-electron chi connectivity index (χ2n) is 8.16. The number of H-pyrrole nitrogens is 1. The van der Waals surface area contributed by atoms with Gasteiger partial charge in [-0.3, -0.25) is 9.89 Å². The Morgan fingerprint density at radius 1 is 1.12 bits per heavy atom. The number of hydrogen-bond acceptors (Lipinski definition) is 5. The van der Waals surface area contributed by atoms with Crippen molar-refractivity contribution in [1.29, 1.82) is 0 Å². The number of carbonyl (C=O) groups excluding carboxylic acids is 2. The molecule has 1 N–H and O–H groups in total. The molecule has 1 aromatic heterocycles. The highest BCUT2D eigenvalue weighted by Crippen LogP contribution is 2.32. The first-order valence-corrected chi connectivity index (χ1v) is 8.88. The van der Waals surface area contributed by atoms with Crippen LogP contribution < -0.4 is 0 Å². The zero-order valence-electron chi connectivity index (χ0n) is 15.2. The van der Waals surface area contributed by atoms with Gasteiger partial charge in [-0.15, -0.1) is 5.10 Å². The Kier molecular flexibility index (Phi) is 3.86. The fourth-order valence-corrected chi connectivity index (χ4v) is 3.79. The van der Waals surface area contributed by atoms with Crippen LogP contribution in [-0.4, -0.2) is 69.0 Å². The maximum absolute atomic E-state index is 12.8. The topological polar surface area (TPSA) is 91.4 Å². The molecule has 26 heavy (non-hydrogen) atoms. The van der Waals surface area contributed by atoms with Gasteiger partial charge in [-0.1, -0.05) is 5.21 Å². The number of likely N-dealkylation sites (tertiary alicyclic amines) is 2. The number of nitrogens with zero attached hydrogens (tertiary/aromatic N) is 4. The molecule has 0 saturated carbocycles. The van der Waals surface area contributed by atoms with Crippen molar-refractivity contribution in [2.75, 3.05) is 26.2 Å². The molecule has 2 aliphatic rings. The third-order valence-electron chi connectivity index (χ3n) is 5.00. The molecule has 2 atom stereocenters. The number of ether oxygens (including phenoxy) is 1. The number of fused-ring (bicyclic) bond motifs is 2. The monoisotopic (exact) mass is 357 g/mol. The molecule has 0 spiro atoms. The number of amides is 2. The van der Waals surface area contributed by atoms with Crippen LogP contribution in [0.4, 0.5) is 4.79 Å². The predicted octanol–water partition coefficient (Wildman–Crippen LogP) is 1.90. The molecule has 8 nitrogen and oxygen atoms in total. The lowest BCUT2D eigenvalue weighted by Gasteiger charge is -2.26. The van der Waals surface area contributed by atoms with Gasteiger partial charge in [-0.05, 0) is 39.0 Å². The molecule has 2 saturated heterocycles. The van der Waals surface area contributed by atoms with Crippen LogP contribution in [0, 0.1) is 11.8 Å². The number of aromatic amines is 1. The summed E-state index contributed by atoms with van der Waals surface area (Å²) >= 11 is 0. The van der Waals surface area contributed by atoms with Crippen LogP contribution in [0.5, 0.6) is 0 Å². The lowest BCUT2D eigenvalue weighted by Crippen LogP contribution is -2.38. The zero-order chi connectivity index (χ0) is 18.5. The minimum absolute atomic E-state index is 0.00752. The van der Waals surface area contributed by atoms with Crippen molar-refractivity contribution in [1.82, 2.24) is 25.2 Å². The van der Waals surface area contributed by atoms with Crippen molar-refractivity contribution in [3.8, 4) is 0 Å². The van der Waals surface area contributed by atoms with Crippen molar-refractivity contribution in [2.45, 2.75) is 26.4 Å². The van der Waals surface area contributed by atoms with Crippen molar-refractivity contribution in [3.05, 3.63) is 23.8 Å². The quantitative estimate of drug-likeness (QED) is 0.842. The lowest BCUT2D eigenvalue weighted by molar-refractivity contribution is 0.0275. The zero-order valence-corrected chi connectivity index (χ0v) is 15.2. The van der Waals surface area contributed by atoms with Gasteiger partial charge in [0.05, 0.1) is 5.52 Å². The summed E-state index contributed by atoms with van der Waals surface area (Å²) in [7, 11) is 0. The summed E-state index contributed by atoms with van der Waals surface area (Å²) in [5, 5.41) is 10.5. The standard InChI is InChI=1S/C18H23N5O3/c1-18(2,3)26-17(25)23-9-12-7-22(8-13(12)10-23)16(24)11-4-5-14-15(6-11)20-21-19-14/h4-6,12-13H,7-10H2,1-3H3,(H,19,20,21)/t12-,13-/m1/s1. The molecule has 2 amide bonds. The van der Waals surface area contributed by atoms with Gasteiger partial charge in [-0.2, -0.15) is 0 Å². The Morgan fingerprint density at radius 3 is 2.42 bits per heavy atom. The summed E-state index contributed by atoms with van der Waals surface area (Å²) in [5.41, 5.74) is 1.63. The van der Waals surface area contributed by atoms with E-state index in [0.29, 0.717) is 49.1 Å². The van der Waals surface area contributed by atoms with E-state index in [1.54, 1.807) is 17.0 Å². The smallest absolute Gasteiger partial charge is 0.410 e. The van der Waals surface area contributed by atoms with Gasteiger partial charge in [-0.25, -0.2) is 4.79 Å². The minimum atomic E-state index is -0.490. The van der Waals surface area contributed by atoms with Crippen LogP contribution in [0.3, 0.4) is 0 Å². The molecule has 2 aliphatic heterocycles. The SMILES string of the molecule is CC(C)(C)OC(=O)N1C[C@H]2CN(C(=O)c3ccc4[nH]nnc4c3)C[C@@H]2C1. The number of nitrogens with one attached hydrogen (secondary N) is 1. The van der Waals surface area contributed by atoms with Gasteiger partial charge in [0.1, 0.15) is 11.1 Å². The Bertz CT molecular complexity index is 842. The molecule has 0 aliphatic carbocycles. The number of hydrogen-bond donors (Lipinski definition) is 1. The number of aromatic nitrogens is 3. The Hall–Kier alpha value is -2.64. The van der Waals surface area contributed by atoms with E-state index in [9.17, 15) is 9.59 Å². The van der Waals surface area contributed by atoms with Gasteiger partial charge in [0.2, 0.25) is 0 Å². The van der Waals surface area contributed by atoms with Gasteiger partial charge in [0.15, 0.2) is 0 Å². The summed E-state index contributed by atoms with van der Waals surface area (Å²) in [6.45, 7) is 8.23. The first-order chi connectivity index (χ1) is 12.3. The summed E-state index contributed by atoms with van der Waals surface area (Å²) in [6.07, 6.45) is -0.263. The van der Waals surface area contributed by atoms with E-state index >= 15 is 0 Å². The molecule has 2 fully saturated rings. The summed E-state index contributed by atoms with van der Waals surface area (Å²) in [6, 6.07) is 5.39. The van der Waals surface area contributed by atoms with E-state index in [2.05, 4.69) is 15.4 Å². The number of rotatable bonds is 1. The van der Waals surface area contributed by atoms with Crippen LogP contribution in [0.15, 0.2) is 18.2 Å². The van der Waals surface area contributed by atoms with E-state index in [1.807, 2.05) is 31.7 Å². The molecule has 0 radical (unpaired) electrons. The molecule has 8 heteroatoms. The highest BCUT2D eigenvalue weighted by atomic mass is 16.6. The largest absolute Gasteiger partial charge is 0.444 e. The van der Waals surface area contributed by atoms with E-state index < -0.39 is 5.60 Å². The van der Waals surface area contributed by atoms with Crippen molar-refractivity contribution in [2.24, 2.45) is 11.8 Å². The van der Waals surface area contributed by atoms with Crippen molar-refractivity contribution in [3.63, 3.8) is 0 Å². The lowest BCUT2D eigenvalue weighted by atomic mass is 10.0. The minimum Gasteiger partial charge on any atom is -0.444 e. The van der Waals surface area contributed by atoms with E-state index in [-0.39, 0.29) is 12.0 Å². The highest BCUT2D eigenvalue weighted by molar-refractivity contribution is 5.97. The average Bonchev–Trinajstić information content (AvgIpc) is 3.25. The van der Waals surface area contributed by atoms with Crippen LogP contribution in [0.25, 0.3) is 11.0 Å². The second-order valence-corrected chi connectivity index (χ2v) is 8.16. The molecular formula is C18H23N5O3.